The maximum Gasteiger partial charge on any atom is 0.158 e. The van der Waals surface area contributed by atoms with E-state index in [4.69, 9.17) is 0 Å². The Morgan fingerprint density at radius 3 is 2.67 bits per heavy atom. The van der Waals surface area contributed by atoms with Gasteiger partial charge in [-0.2, -0.15) is 0 Å². The highest BCUT2D eigenvalue weighted by atomic mass is 16.1. The maximum atomic E-state index is 11.8. The fraction of sp³-hybridized carbons (Fsp3) is 0.643. The maximum absolute atomic E-state index is 11.8. The Morgan fingerprint density at radius 1 is 1.33 bits per heavy atom. The van der Waals surface area contributed by atoms with Crippen LogP contribution >= 0.6 is 0 Å². The Balaban J connectivity index is 2.78. The van der Waals surface area contributed by atoms with Crippen molar-refractivity contribution in [1.82, 2.24) is 0 Å². The van der Waals surface area contributed by atoms with Crippen LogP contribution in [0.4, 0.5) is 0 Å². The van der Waals surface area contributed by atoms with Crippen LogP contribution in [-0.4, -0.2) is 5.78 Å². The molecule has 1 heteroatoms. The number of ketones is 1. The smallest absolute Gasteiger partial charge is 0.158 e. The van der Waals surface area contributed by atoms with Crippen LogP contribution in [-0.2, 0) is 4.79 Å². The molecule has 1 aliphatic carbocycles. The summed E-state index contributed by atoms with van der Waals surface area (Å²) >= 11 is 0. The van der Waals surface area contributed by atoms with Gasteiger partial charge in [0.15, 0.2) is 5.78 Å². The van der Waals surface area contributed by atoms with Gasteiger partial charge in [0.25, 0.3) is 0 Å². The van der Waals surface area contributed by atoms with Gasteiger partial charge in [-0.1, -0.05) is 31.6 Å². The Hall–Kier alpha value is -0.850. The molecule has 0 heterocycles. The van der Waals surface area contributed by atoms with E-state index in [1.807, 2.05) is 6.92 Å². The molecule has 1 aliphatic rings. The lowest BCUT2D eigenvalue weighted by atomic mass is 9.83. The molecule has 1 nitrogen and oxygen atoms in total. The van der Waals surface area contributed by atoms with Crippen molar-refractivity contribution in [2.45, 2.75) is 52.9 Å². The number of allylic oxidation sites excluding steroid dienone is 4. The molecule has 0 saturated carbocycles. The Labute approximate surface area is 93.3 Å². The molecule has 15 heavy (non-hydrogen) atoms. The van der Waals surface area contributed by atoms with Crippen LogP contribution in [0.5, 0.6) is 0 Å². The van der Waals surface area contributed by atoms with Gasteiger partial charge in [0.2, 0.25) is 0 Å². The van der Waals surface area contributed by atoms with Crippen molar-refractivity contribution < 1.29 is 4.79 Å². The van der Waals surface area contributed by atoms with Gasteiger partial charge in [-0.05, 0) is 44.1 Å². The van der Waals surface area contributed by atoms with Crippen LogP contribution in [0.25, 0.3) is 0 Å². The fourth-order valence-electron chi connectivity index (χ4n) is 2.25. The number of rotatable bonds is 4. The topological polar surface area (TPSA) is 17.1 Å². The van der Waals surface area contributed by atoms with Crippen molar-refractivity contribution in [3.8, 4) is 0 Å². The molecule has 0 amide bonds. The van der Waals surface area contributed by atoms with Gasteiger partial charge in [-0.25, -0.2) is 0 Å². The first-order valence-electron chi connectivity index (χ1n) is 6.03. The van der Waals surface area contributed by atoms with E-state index in [0.717, 1.165) is 37.7 Å². The van der Waals surface area contributed by atoms with E-state index in [1.54, 1.807) is 0 Å². The number of carbonyl (C=O) groups is 1. The lowest BCUT2D eigenvalue weighted by Gasteiger charge is -2.22. The van der Waals surface area contributed by atoms with E-state index in [-0.39, 0.29) is 0 Å². The molecule has 0 aromatic rings. The van der Waals surface area contributed by atoms with Crippen molar-refractivity contribution in [2.24, 2.45) is 5.92 Å². The molecular formula is C14H22O. The highest BCUT2D eigenvalue weighted by Crippen LogP contribution is 2.30. The van der Waals surface area contributed by atoms with E-state index in [1.165, 1.54) is 5.57 Å². The number of hydrogen-bond donors (Lipinski definition) is 0. The first-order valence-corrected chi connectivity index (χ1v) is 6.03. The summed E-state index contributed by atoms with van der Waals surface area (Å²) in [4.78, 5) is 11.8. The zero-order chi connectivity index (χ0) is 11.3. The van der Waals surface area contributed by atoms with E-state index in [0.29, 0.717) is 11.7 Å². The fourth-order valence-corrected chi connectivity index (χ4v) is 2.25. The Kier molecular flexibility index (Phi) is 4.80. The summed E-state index contributed by atoms with van der Waals surface area (Å²) in [7, 11) is 0. The summed E-state index contributed by atoms with van der Waals surface area (Å²) < 4.78 is 0. The third-order valence-corrected chi connectivity index (χ3v) is 3.07. The summed E-state index contributed by atoms with van der Waals surface area (Å²) in [5, 5.41) is 0. The molecule has 84 valence electrons. The second-order valence-corrected chi connectivity index (χ2v) is 4.54. The molecule has 0 unspecified atom stereocenters. The third-order valence-electron chi connectivity index (χ3n) is 3.07. The van der Waals surface area contributed by atoms with Gasteiger partial charge in [0, 0.05) is 6.42 Å². The zero-order valence-corrected chi connectivity index (χ0v) is 10.2. The SMILES string of the molecule is CC=CCCC1=C(C(C)C)CCCC1=O. The molecule has 0 bridgehead atoms. The zero-order valence-electron chi connectivity index (χ0n) is 10.2. The molecule has 0 saturated heterocycles. The monoisotopic (exact) mass is 206 g/mol. The van der Waals surface area contributed by atoms with E-state index in [2.05, 4.69) is 26.0 Å². The lowest BCUT2D eigenvalue weighted by Crippen LogP contribution is -2.14. The second-order valence-electron chi connectivity index (χ2n) is 4.54. The van der Waals surface area contributed by atoms with Crippen LogP contribution in [0.1, 0.15) is 52.9 Å². The summed E-state index contributed by atoms with van der Waals surface area (Å²) in [5.74, 6) is 0.935. The minimum atomic E-state index is 0.398. The number of carbonyl (C=O) groups excluding carboxylic acids is 1. The van der Waals surface area contributed by atoms with Crippen molar-refractivity contribution in [2.75, 3.05) is 0 Å². The second kappa shape index (κ2) is 5.89. The van der Waals surface area contributed by atoms with Gasteiger partial charge < -0.3 is 0 Å². The first kappa shape index (κ1) is 12.2. The average Bonchev–Trinajstić information content (AvgIpc) is 2.20. The number of hydrogen-bond acceptors (Lipinski definition) is 1. The quantitative estimate of drug-likeness (QED) is 0.634. The Bertz CT molecular complexity index is 282. The van der Waals surface area contributed by atoms with Crippen LogP contribution in [0.15, 0.2) is 23.3 Å². The van der Waals surface area contributed by atoms with Gasteiger partial charge >= 0.3 is 0 Å². The summed E-state index contributed by atoms with van der Waals surface area (Å²) in [6.45, 7) is 6.42. The predicted octanol–water partition coefficient (Wildman–Crippen LogP) is 4.05. The largest absolute Gasteiger partial charge is 0.295 e. The molecule has 0 aliphatic heterocycles. The van der Waals surface area contributed by atoms with Gasteiger partial charge in [0.05, 0.1) is 0 Å². The molecule has 0 N–H and O–H groups in total. The average molecular weight is 206 g/mol. The predicted molar refractivity (Wildman–Crippen MR) is 64.8 cm³/mol. The van der Waals surface area contributed by atoms with Crippen molar-refractivity contribution in [3.05, 3.63) is 23.3 Å². The first-order chi connectivity index (χ1) is 7.16. The molecule has 0 fully saturated rings. The van der Waals surface area contributed by atoms with Crippen LogP contribution < -0.4 is 0 Å². The van der Waals surface area contributed by atoms with Crippen molar-refractivity contribution in [3.63, 3.8) is 0 Å². The molecule has 0 radical (unpaired) electrons. The molecule has 0 spiro atoms. The number of Topliss-reactive ketones (excluding diaryl/α,β-unsaturated/α-hetero) is 1. The van der Waals surface area contributed by atoms with Gasteiger partial charge in [-0.3, -0.25) is 4.79 Å². The van der Waals surface area contributed by atoms with Crippen molar-refractivity contribution >= 4 is 5.78 Å². The highest BCUT2D eigenvalue weighted by molar-refractivity contribution is 5.96. The van der Waals surface area contributed by atoms with Crippen molar-refractivity contribution in [1.29, 1.82) is 0 Å². The molecular weight excluding hydrogens is 184 g/mol. The Morgan fingerprint density at radius 2 is 2.07 bits per heavy atom. The normalized spacial score (nSPS) is 18.3. The summed E-state index contributed by atoms with van der Waals surface area (Å²) in [5.41, 5.74) is 2.55. The summed E-state index contributed by atoms with van der Waals surface area (Å²) in [6.07, 6.45) is 9.11. The molecule has 0 aromatic carbocycles. The van der Waals surface area contributed by atoms with Gasteiger partial charge in [-0.15, -0.1) is 0 Å². The minimum absolute atomic E-state index is 0.398. The van der Waals surface area contributed by atoms with Gasteiger partial charge in [0.1, 0.15) is 0 Å². The minimum Gasteiger partial charge on any atom is -0.295 e. The molecule has 1 rings (SSSR count). The van der Waals surface area contributed by atoms with Crippen LogP contribution in [0, 0.1) is 5.92 Å². The van der Waals surface area contributed by atoms with E-state index >= 15 is 0 Å². The van der Waals surface area contributed by atoms with E-state index < -0.39 is 0 Å². The molecule has 0 aromatic heterocycles. The lowest BCUT2D eigenvalue weighted by molar-refractivity contribution is -0.116. The standard InChI is InChI=1S/C14H22O/c1-4-5-6-8-13-12(11(2)3)9-7-10-14(13)15/h4-5,11H,6-10H2,1-3H3. The van der Waals surface area contributed by atoms with Crippen LogP contribution in [0.2, 0.25) is 0 Å². The molecule has 0 atom stereocenters. The summed E-state index contributed by atoms with van der Waals surface area (Å²) in [6, 6.07) is 0. The van der Waals surface area contributed by atoms with E-state index in [9.17, 15) is 4.79 Å². The third kappa shape index (κ3) is 3.33. The van der Waals surface area contributed by atoms with Crippen LogP contribution in [0.3, 0.4) is 0 Å². The highest BCUT2D eigenvalue weighted by Gasteiger charge is 2.21.